The molecule has 1 fully saturated rings. The third kappa shape index (κ3) is 1.51. The molecule has 0 bridgehead atoms. The number of hydrogen-bond acceptors (Lipinski definition) is 2. The predicted molar refractivity (Wildman–Crippen MR) is 69.8 cm³/mol. The van der Waals surface area contributed by atoms with Crippen LogP contribution in [0.1, 0.15) is 37.5 Å². The quantitative estimate of drug-likeness (QED) is 0.738. The Morgan fingerprint density at radius 1 is 1.24 bits per heavy atom. The average molecular weight is 229 g/mol. The highest BCUT2D eigenvalue weighted by Gasteiger charge is 2.43. The van der Waals surface area contributed by atoms with Crippen molar-refractivity contribution in [1.29, 1.82) is 0 Å². The first-order valence-corrected chi connectivity index (χ1v) is 6.19. The van der Waals surface area contributed by atoms with E-state index in [1.807, 2.05) is 0 Å². The lowest BCUT2D eigenvalue weighted by Crippen LogP contribution is -2.57. The Labute approximate surface area is 103 Å². The van der Waals surface area contributed by atoms with Crippen LogP contribution < -0.4 is 5.32 Å². The summed E-state index contributed by atoms with van der Waals surface area (Å²) in [5.74, 6) is 0. The van der Waals surface area contributed by atoms with Gasteiger partial charge in [-0.15, -0.1) is 0 Å². The minimum atomic E-state index is 0.0331. The lowest BCUT2D eigenvalue weighted by molar-refractivity contribution is -0.0724. The molecule has 2 aliphatic rings. The largest absolute Gasteiger partial charge is 0.377 e. The Balaban J connectivity index is 2.18. The fraction of sp³-hybridized carbons (Fsp3) is 0.467. The van der Waals surface area contributed by atoms with Gasteiger partial charge in [0.1, 0.15) is 5.54 Å². The standard InChI is InChI=1S/C15H19NO/c1-14(2,3)12-5-4-6-13-11(12)7-8-16-15(13)9-17-10-15/h4-8,16H,9-10H2,1-3H3. The molecule has 0 amide bonds. The SMILES string of the molecule is CC(C)(C)c1cccc2c1C=CNC21COC1. The van der Waals surface area contributed by atoms with E-state index in [0.29, 0.717) is 0 Å². The number of nitrogens with one attached hydrogen (secondary N) is 1. The second kappa shape index (κ2) is 3.36. The number of ether oxygens (including phenoxy) is 1. The van der Waals surface area contributed by atoms with Gasteiger partial charge in [-0.25, -0.2) is 0 Å². The van der Waals surface area contributed by atoms with Gasteiger partial charge in [-0.1, -0.05) is 39.0 Å². The molecule has 2 heterocycles. The van der Waals surface area contributed by atoms with Gasteiger partial charge in [0.25, 0.3) is 0 Å². The smallest absolute Gasteiger partial charge is 0.110 e. The molecule has 1 saturated heterocycles. The highest BCUT2D eigenvalue weighted by molar-refractivity contribution is 5.64. The van der Waals surface area contributed by atoms with Crippen LogP contribution >= 0.6 is 0 Å². The fourth-order valence-corrected chi connectivity index (χ4v) is 2.72. The van der Waals surface area contributed by atoms with Crippen LogP contribution in [0.3, 0.4) is 0 Å². The zero-order chi connectivity index (χ0) is 12.1. The molecule has 1 aromatic rings. The monoisotopic (exact) mass is 229 g/mol. The lowest BCUT2D eigenvalue weighted by Gasteiger charge is -2.45. The Kier molecular flexibility index (Phi) is 2.14. The van der Waals surface area contributed by atoms with Crippen molar-refractivity contribution in [1.82, 2.24) is 5.32 Å². The maximum absolute atomic E-state index is 5.40. The maximum atomic E-state index is 5.40. The number of rotatable bonds is 0. The predicted octanol–water partition coefficient (Wildman–Crippen LogP) is 2.78. The lowest BCUT2D eigenvalue weighted by atomic mass is 9.76. The van der Waals surface area contributed by atoms with Crippen LogP contribution in [0.5, 0.6) is 0 Å². The summed E-state index contributed by atoms with van der Waals surface area (Å²) in [7, 11) is 0. The van der Waals surface area contributed by atoms with Crippen LogP contribution in [0.4, 0.5) is 0 Å². The zero-order valence-electron chi connectivity index (χ0n) is 10.7. The minimum Gasteiger partial charge on any atom is -0.377 e. The highest BCUT2D eigenvalue weighted by Crippen LogP contribution is 2.39. The molecule has 3 rings (SSSR count). The third-order valence-corrected chi connectivity index (χ3v) is 3.74. The maximum Gasteiger partial charge on any atom is 0.110 e. The molecule has 17 heavy (non-hydrogen) atoms. The van der Waals surface area contributed by atoms with Crippen molar-refractivity contribution in [2.24, 2.45) is 0 Å². The molecule has 90 valence electrons. The Morgan fingerprint density at radius 2 is 2.00 bits per heavy atom. The molecule has 2 aliphatic heterocycles. The normalized spacial score (nSPS) is 20.6. The average Bonchev–Trinajstić information content (AvgIpc) is 2.24. The van der Waals surface area contributed by atoms with Crippen LogP contribution in [0.15, 0.2) is 24.4 Å². The van der Waals surface area contributed by atoms with Gasteiger partial charge in [0, 0.05) is 0 Å². The van der Waals surface area contributed by atoms with Crippen LogP contribution in [0, 0.1) is 0 Å². The van der Waals surface area contributed by atoms with Crippen LogP contribution in [0.25, 0.3) is 6.08 Å². The van der Waals surface area contributed by atoms with E-state index in [9.17, 15) is 0 Å². The van der Waals surface area contributed by atoms with Crippen LogP contribution in [-0.4, -0.2) is 13.2 Å². The first-order chi connectivity index (χ1) is 8.03. The first-order valence-electron chi connectivity index (χ1n) is 6.19. The van der Waals surface area contributed by atoms with Gasteiger partial charge in [0.05, 0.1) is 13.2 Å². The molecule has 2 heteroatoms. The van der Waals surface area contributed by atoms with Crippen molar-refractivity contribution in [3.05, 3.63) is 41.1 Å². The van der Waals surface area contributed by atoms with E-state index in [-0.39, 0.29) is 11.0 Å². The second-order valence-electron chi connectivity index (χ2n) is 6.07. The third-order valence-electron chi connectivity index (χ3n) is 3.74. The van der Waals surface area contributed by atoms with E-state index in [1.165, 1.54) is 16.7 Å². The summed E-state index contributed by atoms with van der Waals surface area (Å²) in [5.41, 5.74) is 4.39. The van der Waals surface area contributed by atoms with Crippen molar-refractivity contribution in [3.63, 3.8) is 0 Å². The minimum absolute atomic E-state index is 0.0331. The summed E-state index contributed by atoms with van der Waals surface area (Å²) in [4.78, 5) is 0. The van der Waals surface area contributed by atoms with E-state index >= 15 is 0 Å². The van der Waals surface area contributed by atoms with E-state index < -0.39 is 0 Å². The summed E-state index contributed by atoms with van der Waals surface area (Å²) < 4.78 is 5.40. The van der Waals surface area contributed by atoms with E-state index in [4.69, 9.17) is 4.74 Å². The van der Waals surface area contributed by atoms with E-state index in [2.05, 4.69) is 56.6 Å². The molecule has 0 aliphatic carbocycles. The molecule has 1 N–H and O–H groups in total. The van der Waals surface area contributed by atoms with E-state index in [1.54, 1.807) is 0 Å². The summed E-state index contributed by atoms with van der Waals surface area (Å²) in [6, 6.07) is 6.63. The molecule has 0 saturated carbocycles. The molecule has 2 nitrogen and oxygen atoms in total. The summed E-state index contributed by atoms with van der Waals surface area (Å²) in [6.07, 6.45) is 4.26. The topological polar surface area (TPSA) is 21.3 Å². The van der Waals surface area contributed by atoms with Crippen molar-refractivity contribution in [2.45, 2.75) is 31.7 Å². The van der Waals surface area contributed by atoms with Gasteiger partial charge in [-0.2, -0.15) is 0 Å². The Hall–Kier alpha value is -1.28. The fourth-order valence-electron chi connectivity index (χ4n) is 2.72. The summed E-state index contributed by atoms with van der Waals surface area (Å²) in [6.45, 7) is 8.35. The molecule has 0 unspecified atom stereocenters. The van der Waals surface area contributed by atoms with Gasteiger partial charge in [0.2, 0.25) is 0 Å². The van der Waals surface area contributed by atoms with Gasteiger partial charge in [-0.05, 0) is 34.4 Å². The van der Waals surface area contributed by atoms with Gasteiger partial charge >= 0.3 is 0 Å². The van der Waals surface area contributed by atoms with Gasteiger partial charge < -0.3 is 10.1 Å². The molecule has 0 aromatic heterocycles. The molecular weight excluding hydrogens is 210 g/mol. The van der Waals surface area contributed by atoms with Gasteiger partial charge in [-0.3, -0.25) is 0 Å². The van der Waals surface area contributed by atoms with Crippen molar-refractivity contribution < 1.29 is 4.74 Å². The molecule has 0 radical (unpaired) electrons. The summed E-state index contributed by atoms with van der Waals surface area (Å²) >= 11 is 0. The molecular formula is C15H19NO. The first kappa shape index (κ1) is 10.8. The summed E-state index contributed by atoms with van der Waals surface area (Å²) in [5, 5.41) is 3.46. The van der Waals surface area contributed by atoms with Gasteiger partial charge in [0.15, 0.2) is 0 Å². The number of hydrogen-bond donors (Lipinski definition) is 1. The zero-order valence-corrected chi connectivity index (χ0v) is 10.7. The van der Waals surface area contributed by atoms with Crippen molar-refractivity contribution in [2.75, 3.05) is 13.2 Å². The number of fused-ring (bicyclic) bond motifs is 2. The second-order valence-corrected chi connectivity index (χ2v) is 6.07. The molecule has 0 atom stereocenters. The molecule has 1 aromatic carbocycles. The van der Waals surface area contributed by atoms with Crippen molar-refractivity contribution in [3.8, 4) is 0 Å². The highest BCUT2D eigenvalue weighted by atomic mass is 16.5. The Morgan fingerprint density at radius 3 is 2.59 bits per heavy atom. The van der Waals surface area contributed by atoms with Crippen LogP contribution in [0.2, 0.25) is 0 Å². The molecule has 1 spiro atoms. The Bertz CT molecular complexity index is 478. The van der Waals surface area contributed by atoms with Crippen molar-refractivity contribution >= 4 is 6.08 Å². The van der Waals surface area contributed by atoms with Crippen LogP contribution in [-0.2, 0) is 15.7 Å². The van der Waals surface area contributed by atoms with E-state index in [0.717, 1.165) is 13.2 Å². The number of benzene rings is 1.